The summed E-state index contributed by atoms with van der Waals surface area (Å²) in [5.74, 6) is 0.246. The van der Waals surface area contributed by atoms with Crippen LogP contribution < -0.4 is 9.62 Å². The van der Waals surface area contributed by atoms with Crippen LogP contribution in [0.2, 0.25) is 0 Å². The Balaban J connectivity index is 1.82. The fraction of sp³-hybridized carbons (Fsp3) is 0.381. The van der Waals surface area contributed by atoms with Crippen LogP contribution in [-0.2, 0) is 26.0 Å². The van der Waals surface area contributed by atoms with E-state index in [2.05, 4.69) is 18.6 Å². The van der Waals surface area contributed by atoms with E-state index in [4.69, 9.17) is 4.74 Å². The maximum Gasteiger partial charge on any atom is 0.261 e. The van der Waals surface area contributed by atoms with Crippen molar-refractivity contribution in [3.63, 3.8) is 0 Å². The SMILES string of the molecule is COCC(=O)N1CCCc2cc(NS(=O)(=O)c3ccc(C(C)C)cc3)ccc21. The number of methoxy groups -OCH3 is 1. The van der Waals surface area contributed by atoms with E-state index in [0.717, 1.165) is 29.7 Å². The third kappa shape index (κ3) is 4.36. The van der Waals surface area contributed by atoms with Crippen LogP contribution in [0.3, 0.4) is 0 Å². The molecule has 0 radical (unpaired) electrons. The van der Waals surface area contributed by atoms with Crippen molar-refractivity contribution in [2.45, 2.75) is 37.5 Å². The molecule has 3 rings (SSSR count). The zero-order valence-electron chi connectivity index (χ0n) is 16.4. The molecule has 0 aromatic heterocycles. The molecule has 0 unspecified atom stereocenters. The van der Waals surface area contributed by atoms with Gasteiger partial charge in [-0.05, 0) is 60.2 Å². The first-order valence-electron chi connectivity index (χ1n) is 9.37. The Kier molecular flexibility index (Phi) is 6.05. The number of hydrogen-bond acceptors (Lipinski definition) is 4. The van der Waals surface area contributed by atoms with Crippen molar-refractivity contribution in [1.82, 2.24) is 0 Å². The predicted molar refractivity (Wildman–Crippen MR) is 110 cm³/mol. The van der Waals surface area contributed by atoms with E-state index in [1.165, 1.54) is 7.11 Å². The topological polar surface area (TPSA) is 75.7 Å². The molecule has 0 saturated carbocycles. The summed E-state index contributed by atoms with van der Waals surface area (Å²) >= 11 is 0. The average Bonchev–Trinajstić information content (AvgIpc) is 2.67. The van der Waals surface area contributed by atoms with Crippen LogP contribution in [0.5, 0.6) is 0 Å². The maximum atomic E-state index is 12.7. The summed E-state index contributed by atoms with van der Waals surface area (Å²) in [6.07, 6.45) is 1.63. The van der Waals surface area contributed by atoms with Gasteiger partial charge in [0.2, 0.25) is 0 Å². The lowest BCUT2D eigenvalue weighted by molar-refractivity contribution is -0.122. The molecule has 1 aliphatic heterocycles. The van der Waals surface area contributed by atoms with Crippen LogP contribution in [0.4, 0.5) is 11.4 Å². The fourth-order valence-corrected chi connectivity index (χ4v) is 4.42. The van der Waals surface area contributed by atoms with Gasteiger partial charge in [-0.25, -0.2) is 8.42 Å². The lowest BCUT2D eigenvalue weighted by Crippen LogP contribution is -2.37. The molecular formula is C21H26N2O4S. The van der Waals surface area contributed by atoms with Gasteiger partial charge in [-0.15, -0.1) is 0 Å². The van der Waals surface area contributed by atoms with Gasteiger partial charge in [0.15, 0.2) is 0 Å². The Labute approximate surface area is 166 Å². The minimum Gasteiger partial charge on any atom is -0.375 e. The molecule has 1 N–H and O–H groups in total. The third-order valence-corrected chi connectivity index (χ3v) is 6.27. The number of rotatable bonds is 6. The average molecular weight is 403 g/mol. The van der Waals surface area contributed by atoms with E-state index in [0.29, 0.717) is 18.2 Å². The number of carbonyl (C=O) groups excluding carboxylic acids is 1. The van der Waals surface area contributed by atoms with E-state index in [1.54, 1.807) is 29.2 Å². The van der Waals surface area contributed by atoms with Crippen LogP contribution in [0.25, 0.3) is 0 Å². The number of benzene rings is 2. The Morgan fingerprint density at radius 3 is 2.54 bits per heavy atom. The number of amides is 1. The first-order valence-corrected chi connectivity index (χ1v) is 10.8. The van der Waals surface area contributed by atoms with Crippen molar-refractivity contribution in [3.05, 3.63) is 53.6 Å². The summed E-state index contributed by atoms with van der Waals surface area (Å²) in [7, 11) is -2.18. The van der Waals surface area contributed by atoms with Gasteiger partial charge >= 0.3 is 0 Å². The van der Waals surface area contributed by atoms with Crippen LogP contribution in [-0.4, -0.2) is 34.6 Å². The lowest BCUT2D eigenvalue weighted by Gasteiger charge is -2.29. The van der Waals surface area contributed by atoms with Crippen molar-refractivity contribution >= 4 is 27.3 Å². The molecule has 0 aliphatic carbocycles. The Hall–Kier alpha value is -2.38. The first-order chi connectivity index (χ1) is 13.3. The van der Waals surface area contributed by atoms with E-state index in [-0.39, 0.29) is 17.4 Å². The summed E-state index contributed by atoms with van der Waals surface area (Å²) in [4.78, 5) is 14.2. The molecule has 150 valence electrons. The molecule has 7 heteroatoms. The molecule has 2 aromatic carbocycles. The van der Waals surface area contributed by atoms with Crippen molar-refractivity contribution in [1.29, 1.82) is 0 Å². The third-order valence-electron chi connectivity index (χ3n) is 4.88. The standard InChI is InChI=1S/C21H26N2O4S/c1-15(2)16-6-9-19(10-7-16)28(25,26)22-18-8-11-20-17(13-18)5-4-12-23(20)21(24)14-27-3/h6-11,13,15,22H,4-5,12,14H2,1-3H3. The van der Waals surface area contributed by atoms with Crippen molar-refractivity contribution in [2.24, 2.45) is 0 Å². The Bertz CT molecular complexity index is 953. The largest absolute Gasteiger partial charge is 0.375 e. The highest BCUT2D eigenvalue weighted by Crippen LogP contribution is 2.31. The number of sulfonamides is 1. The minimum absolute atomic E-state index is 0.0280. The first kappa shape index (κ1) is 20.4. The van der Waals surface area contributed by atoms with Gasteiger partial charge in [-0.1, -0.05) is 26.0 Å². The number of aryl methyl sites for hydroxylation is 1. The van der Waals surface area contributed by atoms with Gasteiger partial charge in [0, 0.05) is 25.0 Å². The van der Waals surface area contributed by atoms with Gasteiger partial charge in [-0.2, -0.15) is 0 Å². The van der Waals surface area contributed by atoms with Crippen LogP contribution >= 0.6 is 0 Å². The van der Waals surface area contributed by atoms with Crippen molar-refractivity contribution in [3.8, 4) is 0 Å². The molecule has 0 bridgehead atoms. The van der Waals surface area contributed by atoms with Crippen LogP contribution in [0.1, 0.15) is 37.3 Å². The molecule has 2 aromatic rings. The quantitative estimate of drug-likeness (QED) is 0.802. The monoisotopic (exact) mass is 402 g/mol. The molecule has 1 amide bonds. The maximum absolute atomic E-state index is 12.7. The number of ether oxygens (including phenoxy) is 1. The van der Waals surface area contributed by atoms with Crippen molar-refractivity contribution in [2.75, 3.05) is 29.9 Å². The summed E-state index contributed by atoms with van der Waals surface area (Å²) in [5, 5.41) is 0. The second-order valence-corrected chi connectivity index (χ2v) is 8.94. The fourth-order valence-electron chi connectivity index (χ4n) is 3.37. The Morgan fingerprint density at radius 1 is 1.18 bits per heavy atom. The molecule has 0 saturated heterocycles. The number of hydrogen-bond donors (Lipinski definition) is 1. The summed E-state index contributed by atoms with van der Waals surface area (Å²) in [5.41, 5.74) is 3.35. The molecule has 0 atom stereocenters. The normalized spacial score (nSPS) is 14.1. The van der Waals surface area contributed by atoms with E-state index in [9.17, 15) is 13.2 Å². The van der Waals surface area contributed by atoms with Crippen molar-refractivity contribution < 1.29 is 17.9 Å². The molecule has 0 spiro atoms. The number of fused-ring (bicyclic) bond motifs is 1. The highest BCUT2D eigenvalue weighted by molar-refractivity contribution is 7.92. The highest BCUT2D eigenvalue weighted by atomic mass is 32.2. The molecule has 1 heterocycles. The lowest BCUT2D eigenvalue weighted by atomic mass is 10.0. The van der Waals surface area contributed by atoms with Gasteiger partial charge < -0.3 is 9.64 Å². The van der Waals surface area contributed by atoms with Gasteiger partial charge in [-0.3, -0.25) is 9.52 Å². The molecular weight excluding hydrogens is 376 g/mol. The molecule has 6 nitrogen and oxygen atoms in total. The van der Waals surface area contributed by atoms with Gasteiger partial charge in [0.1, 0.15) is 6.61 Å². The summed E-state index contributed by atoms with van der Waals surface area (Å²) < 4.78 is 33.0. The molecule has 1 aliphatic rings. The number of carbonyl (C=O) groups is 1. The smallest absolute Gasteiger partial charge is 0.261 e. The second kappa shape index (κ2) is 8.32. The number of nitrogens with one attached hydrogen (secondary N) is 1. The van der Waals surface area contributed by atoms with Gasteiger partial charge in [0.25, 0.3) is 15.9 Å². The van der Waals surface area contributed by atoms with Crippen LogP contribution in [0.15, 0.2) is 47.4 Å². The number of anilines is 2. The van der Waals surface area contributed by atoms with Gasteiger partial charge in [0.05, 0.1) is 4.90 Å². The van der Waals surface area contributed by atoms with E-state index >= 15 is 0 Å². The zero-order valence-corrected chi connectivity index (χ0v) is 17.3. The van der Waals surface area contributed by atoms with E-state index in [1.807, 2.05) is 18.2 Å². The van der Waals surface area contributed by atoms with E-state index < -0.39 is 10.0 Å². The summed E-state index contributed by atoms with van der Waals surface area (Å²) in [6, 6.07) is 12.2. The zero-order chi connectivity index (χ0) is 20.3. The number of nitrogens with zero attached hydrogens (tertiary/aromatic N) is 1. The van der Waals surface area contributed by atoms with Crippen LogP contribution in [0, 0.1) is 0 Å². The minimum atomic E-state index is -3.67. The second-order valence-electron chi connectivity index (χ2n) is 7.25. The molecule has 0 fully saturated rings. The summed E-state index contributed by atoms with van der Waals surface area (Å²) in [6.45, 7) is 4.80. The predicted octanol–water partition coefficient (Wildman–Crippen LogP) is 3.54. The Morgan fingerprint density at radius 2 is 1.89 bits per heavy atom. The molecule has 28 heavy (non-hydrogen) atoms. The highest BCUT2D eigenvalue weighted by Gasteiger charge is 2.23.